The molecule has 0 saturated heterocycles. The van der Waals surface area contributed by atoms with E-state index < -0.39 is 0 Å². The molecule has 0 saturated carbocycles. The number of fused-ring (bicyclic) bond motifs is 3. The third-order valence-electron chi connectivity index (χ3n) is 4.27. The first-order chi connectivity index (χ1) is 10.3. The van der Waals surface area contributed by atoms with Crippen molar-refractivity contribution in [1.29, 1.82) is 0 Å². The van der Waals surface area contributed by atoms with Crippen molar-refractivity contribution in [3.8, 4) is 0 Å². The average Bonchev–Trinajstić information content (AvgIpc) is 2.85. The molecule has 0 amide bonds. The van der Waals surface area contributed by atoms with E-state index in [0.29, 0.717) is 0 Å². The van der Waals surface area contributed by atoms with Crippen LogP contribution < -0.4 is 0 Å². The lowest BCUT2D eigenvalue weighted by Gasteiger charge is -2.27. The molecule has 0 bridgehead atoms. The van der Waals surface area contributed by atoms with E-state index in [4.69, 9.17) is 0 Å². The Balaban J connectivity index is 1.63. The number of nitrogens with one attached hydrogen (secondary N) is 1. The first-order valence-electron chi connectivity index (χ1n) is 7.35. The molecule has 0 atom stereocenters. The number of hydrogen-bond acceptors (Lipinski definition) is 1. The van der Waals surface area contributed by atoms with Gasteiger partial charge >= 0.3 is 0 Å². The lowest BCUT2D eigenvalue weighted by molar-refractivity contribution is 0.245. The van der Waals surface area contributed by atoms with Crippen LogP contribution in [0.15, 0.2) is 48.5 Å². The van der Waals surface area contributed by atoms with Crippen LogP contribution in [0, 0.1) is 5.82 Å². The summed E-state index contributed by atoms with van der Waals surface area (Å²) in [5, 5.41) is 1.16. The lowest BCUT2D eigenvalue weighted by atomic mass is 10.0. The van der Waals surface area contributed by atoms with Crippen LogP contribution in [0.3, 0.4) is 0 Å². The number of benzene rings is 2. The number of nitrogens with zero attached hydrogens (tertiary/aromatic N) is 1. The fourth-order valence-electron chi connectivity index (χ4n) is 3.23. The van der Waals surface area contributed by atoms with Gasteiger partial charge in [-0.15, -0.1) is 0 Å². The lowest BCUT2D eigenvalue weighted by Crippen LogP contribution is -2.29. The maximum Gasteiger partial charge on any atom is 0.125 e. The van der Waals surface area contributed by atoms with E-state index in [0.717, 1.165) is 37.0 Å². The maximum absolute atomic E-state index is 13.3. The molecule has 1 N–H and O–H groups in total. The fraction of sp³-hybridized carbons (Fsp3) is 0.222. The van der Waals surface area contributed by atoms with Crippen molar-refractivity contribution in [2.45, 2.75) is 19.5 Å². The Bertz CT molecular complexity index is 777. The zero-order chi connectivity index (χ0) is 14.2. The summed E-state index contributed by atoms with van der Waals surface area (Å²) in [6.45, 7) is 2.93. The molecule has 3 heteroatoms. The summed E-state index contributed by atoms with van der Waals surface area (Å²) in [4.78, 5) is 5.83. The Kier molecular flexibility index (Phi) is 3.00. The molecule has 0 fully saturated rings. The van der Waals surface area contributed by atoms with Crippen LogP contribution in [0.1, 0.15) is 16.8 Å². The van der Waals surface area contributed by atoms with Crippen LogP contribution in [0.5, 0.6) is 0 Å². The van der Waals surface area contributed by atoms with Crippen molar-refractivity contribution in [3.63, 3.8) is 0 Å². The van der Waals surface area contributed by atoms with E-state index in [1.165, 1.54) is 16.8 Å². The molecule has 0 unspecified atom stereocenters. The number of aromatic amines is 1. The van der Waals surface area contributed by atoms with Crippen molar-refractivity contribution in [3.05, 3.63) is 71.2 Å². The molecule has 3 aromatic rings. The number of rotatable bonds is 2. The number of H-pyrrole nitrogens is 1. The first-order valence-corrected chi connectivity index (χ1v) is 7.35. The molecule has 2 nitrogen and oxygen atoms in total. The molecule has 1 aliphatic heterocycles. The summed E-state index contributed by atoms with van der Waals surface area (Å²) >= 11 is 0. The van der Waals surface area contributed by atoms with Gasteiger partial charge in [-0.2, -0.15) is 0 Å². The van der Waals surface area contributed by atoms with Crippen LogP contribution in [-0.4, -0.2) is 16.4 Å². The number of halogens is 1. The van der Waals surface area contributed by atoms with Crippen LogP contribution in [0.4, 0.5) is 4.39 Å². The monoisotopic (exact) mass is 280 g/mol. The van der Waals surface area contributed by atoms with Gasteiger partial charge in [0.15, 0.2) is 0 Å². The molecule has 106 valence electrons. The Morgan fingerprint density at radius 3 is 2.81 bits per heavy atom. The molecule has 0 spiro atoms. The average molecular weight is 280 g/mol. The minimum absolute atomic E-state index is 0.178. The van der Waals surface area contributed by atoms with Crippen molar-refractivity contribution >= 4 is 10.9 Å². The predicted octanol–water partition coefficient (Wildman–Crippen LogP) is 3.87. The predicted molar refractivity (Wildman–Crippen MR) is 82.5 cm³/mol. The summed E-state index contributed by atoms with van der Waals surface area (Å²) in [5.41, 5.74) is 4.85. The van der Waals surface area contributed by atoms with E-state index >= 15 is 0 Å². The van der Waals surface area contributed by atoms with Crippen molar-refractivity contribution in [1.82, 2.24) is 9.88 Å². The second-order valence-electron chi connectivity index (χ2n) is 5.72. The van der Waals surface area contributed by atoms with Crippen LogP contribution in [0.25, 0.3) is 10.9 Å². The number of aromatic nitrogens is 1. The summed E-state index contributed by atoms with van der Waals surface area (Å²) in [7, 11) is 0. The van der Waals surface area contributed by atoms with Crippen molar-refractivity contribution in [2.24, 2.45) is 0 Å². The molecule has 0 aliphatic carbocycles. The quantitative estimate of drug-likeness (QED) is 0.755. The van der Waals surface area contributed by atoms with E-state index in [-0.39, 0.29) is 5.82 Å². The van der Waals surface area contributed by atoms with Gasteiger partial charge in [0, 0.05) is 42.7 Å². The van der Waals surface area contributed by atoms with Gasteiger partial charge in [0.05, 0.1) is 0 Å². The van der Waals surface area contributed by atoms with Gasteiger partial charge in [0.2, 0.25) is 0 Å². The Morgan fingerprint density at radius 1 is 1.10 bits per heavy atom. The highest BCUT2D eigenvalue weighted by molar-refractivity contribution is 5.84. The zero-order valence-electron chi connectivity index (χ0n) is 11.8. The van der Waals surface area contributed by atoms with Crippen molar-refractivity contribution in [2.75, 3.05) is 6.54 Å². The molecule has 2 aromatic carbocycles. The molecule has 1 aliphatic rings. The molecule has 2 heterocycles. The Hall–Kier alpha value is -2.13. The third kappa shape index (κ3) is 2.34. The summed E-state index contributed by atoms with van der Waals surface area (Å²) in [6, 6.07) is 15.6. The zero-order valence-corrected chi connectivity index (χ0v) is 11.8. The summed E-state index contributed by atoms with van der Waals surface area (Å²) < 4.78 is 13.3. The minimum Gasteiger partial charge on any atom is -0.358 e. The van der Waals surface area contributed by atoms with E-state index in [1.807, 2.05) is 12.1 Å². The normalized spacial score (nSPS) is 15.3. The molecular weight excluding hydrogens is 263 g/mol. The van der Waals surface area contributed by atoms with Gasteiger partial charge in [0.25, 0.3) is 0 Å². The highest BCUT2D eigenvalue weighted by atomic mass is 19.1. The Labute approximate surface area is 123 Å². The molecule has 21 heavy (non-hydrogen) atoms. The summed E-state index contributed by atoms with van der Waals surface area (Å²) in [5.74, 6) is -0.178. The second kappa shape index (κ2) is 5.01. The highest BCUT2D eigenvalue weighted by Crippen LogP contribution is 2.28. The van der Waals surface area contributed by atoms with E-state index in [2.05, 4.69) is 34.1 Å². The Morgan fingerprint density at radius 2 is 1.95 bits per heavy atom. The smallest absolute Gasteiger partial charge is 0.125 e. The van der Waals surface area contributed by atoms with Gasteiger partial charge < -0.3 is 4.98 Å². The van der Waals surface area contributed by atoms with E-state index in [1.54, 1.807) is 12.1 Å². The number of hydrogen-bond donors (Lipinski definition) is 1. The van der Waals surface area contributed by atoms with Crippen LogP contribution >= 0.6 is 0 Å². The third-order valence-corrected chi connectivity index (χ3v) is 4.27. The molecule has 4 rings (SSSR count). The fourth-order valence-corrected chi connectivity index (χ4v) is 3.23. The molecular formula is C18H17FN2. The topological polar surface area (TPSA) is 19.0 Å². The minimum atomic E-state index is -0.178. The highest BCUT2D eigenvalue weighted by Gasteiger charge is 2.20. The SMILES string of the molecule is Fc1ccc2c3c([nH]c2c1)CCN(Cc1ccccc1)C3. The first kappa shape index (κ1) is 12.6. The second-order valence-corrected chi connectivity index (χ2v) is 5.72. The van der Waals surface area contributed by atoms with Gasteiger partial charge in [-0.05, 0) is 29.3 Å². The molecule has 0 radical (unpaired) electrons. The van der Waals surface area contributed by atoms with Crippen LogP contribution in [0.2, 0.25) is 0 Å². The van der Waals surface area contributed by atoms with E-state index in [9.17, 15) is 4.39 Å². The van der Waals surface area contributed by atoms with Crippen LogP contribution in [-0.2, 0) is 19.5 Å². The standard InChI is InChI=1S/C18H17FN2/c19-14-6-7-15-16-12-21(11-13-4-2-1-3-5-13)9-8-17(16)20-18(15)10-14/h1-7,10,20H,8-9,11-12H2. The van der Waals surface area contributed by atoms with Gasteiger partial charge in [-0.1, -0.05) is 30.3 Å². The van der Waals surface area contributed by atoms with Gasteiger partial charge in [-0.25, -0.2) is 4.39 Å². The van der Waals surface area contributed by atoms with Crippen molar-refractivity contribution < 1.29 is 4.39 Å². The van der Waals surface area contributed by atoms with Gasteiger partial charge in [-0.3, -0.25) is 4.90 Å². The largest absolute Gasteiger partial charge is 0.358 e. The summed E-state index contributed by atoms with van der Waals surface area (Å²) in [6.07, 6.45) is 0.998. The molecule has 1 aromatic heterocycles. The van der Waals surface area contributed by atoms with Gasteiger partial charge in [0.1, 0.15) is 5.82 Å². The maximum atomic E-state index is 13.3.